The summed E-state index contributed by atoms with van der Waals surface area (Å²) in [7, 11) is 1.62. The molecule has 0 bridgehead atoms. The Kier molecular flexibility index (Phi) is 8.04. The van der Waals surface area contributed by atoms with Crippen molar-refractivity contribution in [3.8, 4) is 16.9 Å². The molecule has 0 unspecified atom stereocenters. The molecule has 1 aliphatic rings. The summed E-state index contributed by atoms with van der Waals surface area (Å²) in [5.41, 5.74) is 9.30. The number of carbonyl (C=O) groups is 1. The van der Waals surface area contributed by atoms with Crippen LogP contribution in [0.2, 0.25) is 0 Å². The van der Waals surface area contributed by atoms with Gasteiger partial charge in [-0.25, -0.2) is 23.2 Å². The fourth-order valence-corrected chi connectivity index (χ4v) is 5.05. The van der Waals surface area contributed by atoms with Gasteiger partial charge in [0.2, 0.25) is 0 Å². The smallest absolute Gasteiger partial charge is 0.320 e. The number of hydrogen-bond acceptors (Lipinski definition) is 6. The van der Waals surface area contributed by atoms with Crippen LogP contribution >= 0.6 is 0 Å². The number of pyridine rings is 1. The lowest BCUT2D eigenvalue weighted by Gasteiger charge is -2.21. The number of nitrogen functional groups attached to an aromatic ring is 1. The van der Waals surface area contributed by atoms with Gasteiger partial charge >= 0.3 is 6.03 Å². The Bertz CT molecular complexity index is 1480. The van der Waals surface area contributed by atoms with Crippen LogP contribution in [0.3, 0.4) is 0 Å². The highest BCUT2D eigenvalue weighted by Gasteiger charge is 2.35. The fraction of sp³-hybridized carbons (Fsp3) is 0.276. The van der Waals surface area contributed by atoms with Crippen molar-refractivity contribution >= 4 is 17.7 Å². The second-order valence-electron chi connectivity index (χ2n) is 9.78. The maximum Gasteiger partial charge on any atom is 0.320 e. The van der Waals surface area contributed by atoms with Crippen molar-refractivity contribution in [2.24, 2.45) is 0 Å². The third-order valence-corrected chi connectivity index (χ3v) is 7.11. The number of anilines is 2. The SMILES string of the molecule is COCCN1C[C@@H](NC(=O)Nc2c(C)c(-c3ccc(N)nc3)nn2-c2ccccc2)[C@H](c2ccc(F)c(F)c2)C1. The number of nitrogens with zero attached hydrogens (tertiary/aromatic N) is 4. The van der Waals surface area contributed by atoms with Crippen molar-refractivity contribution in [3.05, 3.63) is 89.6 Å². The molecule has 40 heavy (non-hydrogen) atoms. The molecule has 2 atom stereocenters. The summed E-state index contributed by atoms with van der Waals surface area (Å²) in [5, 5.41) is 10.8. The minimum atomic E-state index is -0.914. The molecular formula is C29H31F2N7O2. The van der Waals surface area contributed by atoms with Crippen LogP contribution < -0.4 is 16.4 Å². The largest absolute Gasteiger partial charge is 0.384 e. The number of aromatic nitrogens is 3. The Labute approximate surface area is 231 Å². The Morgan fingerprint density at radius 1 is 1.10 bits per heavy atom. The van der Waals surface area contributed by atoms with Gasteiger partial charge in [0.15, 0.2) is 11.6 Å². The summed E-state index contributed by atoms with van der Waals surface area (Å²) in [6.07, 6.45) is 1.64. The minimum absolute atomic E-state index is 0.241. The molecule has 0 aliphatic carbocycles. The molecule has 2 amide bonds. The van der Waals surface area contributed by atoms with E-state index >= 15 is 0 Å². The zero-order valence-electron chi connectivity index (χ0n) is 22.3. The molecule has 9 nitrogen and oxygen atoms in total. The van der Waals surface area contributed by atoms with Gasteiger partial charge in [-0.1, -0.05) is 24.3 Å². The van der Waals surface area contributed by atoms with Gasteiger partial charge in [0.05, 0.1) is 24.0 Å². The maximum atomic E-state index is 14.1. The van der Waals surface area contributed by atoms with Crippen LogP contribution in [0, 0.1) is 18.6 Å². The van der Waals surface area contributed by atoms with E-state index in [4.69, 9.17) is 15.6 Å². The van der Waals surface area contributed by atoms with Crippen molar-refractivity contribution in [1.29, 1.82) is 0 Å². The van der Waals surface area contributed by atoms with Gasteiger partial charge in [-0.05, 0) is 48.9 Å². The Hall–Kier alpha value is -4.35. The molecule has 11 heteroatoms. The van der Waals surface area contributed by atoms with Gasteiger partial charge in [0.1, 0.15) is 11.6 Å². The lowest BCUT2D eigenvalue weighted by molar-refractivity contribution is 0.159. The number of methoxy groups -OCH3 is 1. The van der Waals surface area contributed by atoms with E-state index in [1.807, 2.05) is 43.3 Å². The standard InChI is InChI=1S/C29H31F2N7O2/c1-18-27(20-9-11-26(32)33-15-20)36-38(21-6-4-3-5-7-21)28(18)35-29(39)34-25-17-37(12-13-40-2)16-22(25)19-8-10-23(30)24(31)14-19/h3-11,14-15,22,25H,12-13,16-17H2,1-2H3,(H2,32,33)(H2,34,35,39)/t22-,25+/m0/s1. The normalized spacial score (nSPS) is 17.2. The molecule has 0 spiro atoms. The molecule has 208 valence electrons. The molecule has 2 aromatic carbocycles. The predicted molar refractivity (Wildman–Crippen MR) is 149 cm³/mol. The average Bonchev–Trinajstić information content (AvgIpc) is 3.50. The number of likely N-dealkylation sites (tertiary alicyclic amines) is 1. The highest BCUT2D eigenvalue weighted by molar-refractivity contribution is 5.91. The Balaban J connectivity index is 1.42. The number of carbonyl (C=O) groups excluding carboxylic acids is 1. The van der Waals surface area contributed by atoms with E-state index < -0.39 is 17.7 Å². The van der Waals surface area contributed by atoms with Gasteiger partial charge < -0.3 is 15.8 Å². The van der Waals surface area contributed by atoms with Crippen LogP contribution in [0.25, 0.3) is 16.9 Å². The van der Waals surface area contributed by atoms with Crippen LogP contribution in [0.4, 0.5) is 25.2 Å². The van der Waals surface area contributed by atoms with Crippen LogP contribution in [-0.2, 0) is 4.74 Å². The third kappa shape index (κ3) is 5.80. The van der Waals surface area contributed by atoms with E-state index in [0.29, 0.717) is 49.1 Å². The molecule has 1 saturated heterocycles. The molecular weight excluding hydrogens is 516 g/mol. The van der Waals surface area contributed by atoms with E-state index in [1.165, 1.54) is 6.07 Å². The summed E-state index contributed by atoms with van der Waals surface area (Å²) in [6, 6.07) is 16.1. The first-order chi connectivity index (χ1) is 19.3. The first-order valence-corrected chi connectivity index (χ1v) is 12.9. The van der Waals surface area contributed by atoms with E-state index in [-0.39, 0.29) is 12.0 Å². The van der Waals surface area contributed by atoms with Gasteiger partial charge in [0, 0.05) is 50.0 Å². The average molecular weight is 548 g/mol. The Morgan fingerprint density at radius 2 is 1.90 bits per heavy atom. The number of hydrogen-bond donors (Lipinski definition) is 3. The lowest BCUT2D eigenvalue weighted by atomic mass is 9.94. The molecule has 4 aromatic rings. The van der Waals surface area contributed by atoms with Crippen molar-refractivity contribution in [2.45, 2.75) is 18.9 Å². The van der Waals surface area contributed by atoms with Gasteiger partial charge in [-0.2, -0.15) is 5.10 Å². The first-order valence-electron chi connectivity index (χ1n) is 12.9. The van der Waals surface area contributed by atoms with Gasteiger partial charge in [-0.3, -0.25) is 10.2 Å². The number of nitrogens with one attached hydrogen (secondary N) is 2. The van der Waals surface area contributed by atoms with Crippen LogP contribution in [0.5, 0.6) is 0 Å². The highest BCUT2D eigenvalue weighted by atomic mass is 19.2. The quantitative estimate of drug-likeness (QED) is 0.303. The molecule has 0 saturated carbocycles. The number of ether oxygens (including phenoxy) is 1. The first kappa shape index (κ1) is 27.2. The molecule has 3 heterocycles. The van der Waals surface area contributed by atoms with E-state index in [0.717, 1.165) is 22.9 Å². The second-order valence-corrected chi connectivity index (χ2v) is 9.78. The zero-order valence-corrected chi connectivity index (χ0v) is 22.3. The number of nitrogens with two attached hydrogens (primary N) is 1. The summed E-state index contributed by atoms with van der Waals surface area (Å²) < 4.78 is 34.6. The highest BCUT2D eigenvalue weighted by Crippen LogP contribution is 2.32. The zero-order chi connectivity index (χ0) is 28.2. The third-order valence-electron chi connectivity index (χ3n) is 7.11. The van der Waals surface area contributed by atoms with Crippen LogP contribution in [0.15, 0.2) is 66.9 Å². The van der Waals surface area contributed by atoms with Crippen LogP contribution in [0.1, 0.15) is 17.0 Å². The molecule has 5 rings (SSSR count). The second kappa shape index (κ2) is 11.8. The van der Waals surface area contributed by atoms with E-state index in [1.54, 1.807) is 30.1 Å². The van der Waals surface area contributed by atoms with Crippen molar-refractivity contribution in [3.63, 3.8) is 0 Å². The summed E-state index contributed by atoms with van der Waals surface area (Å²) in [4.78, 5) is 19.8. The topological polar surface area (TPSA) is 110 Å². The molecule has 1 fully saturated rings. The number of amides is 2. The molecule has 2 aromatic heterocycles. The van der Waals surface area contributed by atoms with Crippen molar-refractivity contribution < 1.29 is 18.3 Å². The Morgan fingerprint density at radius 3 is 2.60 bits per heavy atom. The number of halogens is 2. The molecule has 0 radical (unpaired) electrons. The number of para-hydroxylation sites is 1. The number of benzene rings is 2. The number of rotatable bonds is 8. The monoisotopic (exact) mass is 547 g/mol. The van der Waals surface area contributed by atoms with Gasteiger partial charge in [0.25, 0.3) is 0 Å². The molecule has 4 N–H and O–H groups in total. The van der Waals surface area contributed by atoms with Crippen molar-refractivity contribution in [2.75, 3.05) is 44.4 Å². The summed E-state index contributed by atoms with van der Waals surface area (Å²) in [6.45, 7) is 4.13. The summed E-state index contributed by atoms with van der Waals surface area (Å²) >= 11 is 0. The maximum absolute atomic E-state index is 14.1. The number of urea groups is 1. The fourth-order valence-electron chi connectivity index (χ4n) is 5.05. The summed E-state index contributed by atoms with van der Waals surface area (Å²) in [5.74, 6) is -1.17. The lowest BCUT2D eigenvalue weighted by Crippen LogP contribution is -2.42. The van der Waals surface area contributed by atoms with Crippen molar-refractivity contribution in [1.82, 2.24) is 25.0 Å². The van der Waals surface area contributed by atoms with E-state index in [2.05, 4.69) is 20.5 Å². The molecule has 1 aliphatic heterocycles. The van der Waals surface area contributed by atoms with Crippen LogP contribution in [-0.4, -0.2) is 65.1 Å². The van der Waals surface area contributed by atoms with E-state index in [9.17, 15) is 13.6 Å². The minimum Gasteiger partial charge on any atom is -0.384 e. The van der Waals surface area contributed by atoms with Gasteiger partial charge in [-0.15, -0.1) is 0 Å². The predicted octanol–water partition coefficient (Wildman–Crippen LogP) is 4.34.